The monoisotopic (exact) mass is 408 g/mol. The summed E-state index contributed by atoms with van der Waals surface area (Å²) < 4.78 is 5.33. The first-order valence-corrected chi connectivity index (χ1v) is 11.8. The molecule has 0 fully saturated rings. The van der Waals surface area contributed by atoms with Gasteiger partial charge in [-0.15, -0.1) is 0 Å². The molecule has 23 heavy (non-hydrogen) atoms. The quantitative estimate of drug-likeness (QED) is 0.154. The molecule has 0 N–H and O–H groups in total. The topological polar surface area (TPSA) is 26.3 Å². The van der Waals surface area contributed by atoms with Gasteiger partial charge in [0.1, 0.15) is 0 Å². The van der Waals surface area contributed by atoms with Crippen molar-refractivity contribution in [2.45, 2.75) is 84.5 Å². The first-order chi connectivity index (χ1) is 11.2. The Hall–Kier alpha value is 0.300. The lowest BCUT2D eigenvalue weighted by Gasteiger charge is -2.11. The summed E-state index contributed by atoms with van der Waals surface area (Å²) >= 11 is 5.31. The summed E-state index contributed by atoms with van der Waals surface area (Å²) in [5.74, 6) is 2.09. The number of esters is 1. The molecule has 0 aromatic carbocycles. The molecule has 0 amide bonds. The molecule has 0 spiro atoms. The van der Waals surface area contributed by atoms with Crippen molar-refractivity contribution in [1.82, 2.24) is 0 Å². The molecule has 0 rings (SSSR count). The van der Waals surface area contributed by atoms with Crippen LogP contribution in [0.3, 0.4) is 0 Å². The molecule has 0 bridgehead atoms. The zero-order valence-corrected chi connectivity index (χ0v) is 17.7. The van der Waals surface area contributed by atoms with E-state index in [0.717, 1.165) is 30.3 Å². The van der Waals surface area contributed by atoms with Crippen LogP contribution in [-0.2, 0) is 9.53 Å². The zero-order chi connectivity index (χ0) is 17.2. The molecule has 0 saturated heterocycles. The Morgan fingerprint density at radius 3 is 2.22 bits per heavy atom. The highest BCUT2D eigenvalue weighted by molar-refractivity contribution is 9.09. The van der Waals surface area contributed by atoms with Crippen molar-refractivity contribution in [2.75, 3.05) is 23.4 Å². The molecular weight excluding hydrogens is 372 g/mol. The van der Waals surface area contributed by atoms with Gasteiger partial charge >= 0.3 is 5.97 Å². The molecule has 0 aliphatic carbocycles. The van der Waals surface area contributed by atoms with Gasteiger partial charge in [0.15, 0.2) is 0 Å². The number of hydrogen-bond donors (Lipinski definition) is 0. The van der Waals surface area contributed by atoms with Gasteiger partial charge in [-0.3, -0.25) is 4.79 Å². The summed E-state index contributed by atoms with van der Waals surface area (Å²) in [5.41, 5.74) is 0. The van der Waals surface area contributed by atoms with Crippen LogP contribution in [-0.4, -0.2) is 29.4 Å². The number of unbranched alkanes of at least 4 members (excludes halogenated alkanes) is 9. The van der Waals surface area contributed by atoms with Gasteiger partial charge in [-0.25, -0.2) is 0 Å². The molecule has 2 nitrogen and oxygen atoms in total. The number of alkyl halides is 1. The molecule has 1 atom stereocenters. The second-order valence-corrected chi connectivity index (χ2v) is 8.31. The predicted molar refractivity (Wildman–Crippen MR) is 108 cm³/mol. The molecular formula is C19H37BrO2S. The first-order valence-electron chi connectivity index (χ1n) is 9.52. The molecule has 138 valence electrons. The van der Waals surface area contributed by atoms with Crippen LogP contribution in [0, 0.1) is 5.92 Å². The number of thioether (sulfide) groups is 1. The number of rotatable bonds is 17. The van der Waals surface area contributed by atoms with Crippen LogP contribution < -0.4 is 0 Å². The normalized spacial score (nSPS) is 12.3. The number of halogens is 1. The summed E-state index contributed by atoms with van der Waals surface area (Å²) in [5, 5.41) is 1.03. The van der Waals surface area contributed by atoms with Gasteiger partial charge in [0.05, 0.1) is 12.5 Å². The Bertz CT molecular complexity index is 262. The molecule has 0 saturated carbocycles. The Labute approximate surface area is 157 Å². The van der Waals surface area contributed by atoms with E-state index in [9.17, 15) is 4.79 Å². The van der Waals surface area contributed by atoms with Crippen LogP contribution in [0.4, 0.5) is 0 Å². The van der Waals surface area contributed by atoms with Gasteiger partial charge in [0.2, 0.25) is 0 Å². The summed E-state index contributed by atoms with van der Waals surface area (Å²) in [6, 6.07) is 0. The maximum absolute atomic E-state index is 11.8. The Kier molecular flexibility index (Phi) is 18.9. The van der Waals surface area contributed by atoms with Crippen LogP contribution in [0.2, 0.25) is 0 Å². The van der Waals surface area contributed by atoms with Crippen molar-refractivity contribution in [1.29, 1.82) is 0 Å². The molecule has 0 aliphatic heterocycles. The molecule has 0 aliphatic rings. The lowest BCUT2D eigenvalue weighted by atomic mass is 10.1. The maximum Gasteiger partial charge on any atom is 0.309 e. The maximum atomic E-state index is 11.8. The van der Waals surface area contributed by atoms with Gasteiger partial charge in [-0.2, -0.15) is 11.8 Å². The summed E-state index contributed by atoms with van der Waals surface area (Å²) in [6.45, 7) is 4.83. The fraction of sp³-hybridized carbons (Fsp3) is 0.947. The highest BCUT2D eigenvalue weighted by Gasteiger charge is 2.13. The summed E-state index contributed by atoms with van der Waals surface area (Å²) in [4.78, 5) is 11.8. The van der Waals surface area contributed by atoms with Crippen LogP contribution in [0.5, 0.6) is 0 Å². The van der Waals surface area contributed by atoms with Gasteiger partial charge in [-0.1, -0.05) is 74.7 Å². The fourth-order valence-electron chi connectivity index (χ4n) is 2.35. The first kappa shape index (κ1) is 23.3. The van der Waals surface area contributed by atoms with E-state index in [2.05, 4.69) is 22.9 Å². The third kappa shape index (κ3) is 16.9. The second-order valence-electron chi connectivity index (χ2n) is 6.37. The number of ether oxygens (including phenoxy) is 1. The van der Waals surface area contributed by atoms with E-state index in [1.807, 2.05) is 18.7 Å². The highest BCUT2D eigenvalue weighted by atomic mass is 79.9. The standard InChI is InChI=1S/C19H37BrO2S/c1-3-4-5-6-7-8-9-13-16-23-17-18(2)19(21)22-15-12-10-11-14-20/h18H,3-17H2,1-2H3. The van der Waals surface area contributed by atoms with Gasteiger partial charge < -0.3 is 4.74 Å². The second kappa shape index (κ2) is 18.6. The van der Waals surface area contributed by atoms with Crippen LogP contribution in [0.25, 0.3) is 0 Å². The average molecular weight is 409 g/mol. The highest BCUT2D eigenvalue weighted by Crippen LogP contribution is 2.14. The van der Waals surface area contributed by atoms with Crippen molar-refractivity contribution >= 4 is 33.7 Å². The minimum absolute atomic E-state index is 0.0210. The van der Waals surface area contributed by atoms with Crippen molar-refractivity contribution in [2.24, 2.45) is 5.92 Å². The number of carbonyl (C=O) groups excluding carboxylic acids is 1. The summed E-state index contributed by atoms with van der Waals surface area (Å²) in [7, 11) is 0. The molecule has 0 heterocycles. The predicted octanol–water partition coefficient (Wildman–Crippen LogP) is 6.60. The van der Waals surface area contributed by atoms with E-state index in [-0.39, 0.29) is 11.9 Å². The van der Waals surface area contributed by atoms with Crippen molar-refractivity contribution in [3.05, 3.63) is 0 Å². The molecule has 0 radical (unpaired) electrons. The van der Waals surface area contributed by atoms with E-state index in [0.29, 0.717) is 6.61 Å². The Morgan fingerprint density at radius 1 is 0.957 bits per heavy atom. The van der Waals surface area contributed by atoms with Crippen LogP contribution in [0.15, 0.2) is 0 Å². The lowest BCUT2D eigenvalue weighted by Crippen LogP contribution is -2.17. The van der Waals surface area contributed by atoms with Crippen LogP contribution >= 0.6 is 27.7 Å². The third-order valence-corrected chi connectivity index (χ3v) is 5.81. The van der Waals surface area contributed by atoms with Gasteiger partial charge in [0, 0.05) is 11.1 Å². The average Bonchev–Trinajstić information content (AvgIpc) is 2.56. The SMILES string of the molecule is CCCCCCCCCCSCC(C)C(=O)OCCCCCBr. The smallest absolute Gasteiger partial charge is 0.309 e. The van der Waals surface area contributed by atoms with Crippen LogP contribution in [0.1, 0.15) is 84.5 Å². The Balaban J connectivity index is 3.31. The van der Waals surface area contributed by atoms with E-state index in [1.54, 1.807) is 0 Å². The van der Waals surface area contributed by atoms with E-state index in [4.69, 9.17) is 4.74 Å². The van der Waals surface area contributed by atoms with Crippen molar-refractivity contribution < 1.29 is 9.53 Å². The van der Waals surface area contributed by atoms with E-state index < -0.39 is 0 Å². The van der Waals surface area contributed by atoms with Crippen molar-refractivity contribution in [3.63, 3.8) is 0 Å². The molecule has 0 aromatic rings. The molecule has 1 unspecified atom stereocenters. The zero-order valence-electron chi connectivity index (χ0n) is 15.3. The van der Waals surface area contributed by atoms with Gasteiger partial charge in [-0.05, 0) is 31.4 Å². The van der Waals surface area contributed by atoms with Gasteiger partial charge in [0.25, 0.3) is 0 Å². The fourth-order valence-corrected chi connectivity index (χ4v) is 3.82. The van der Waals surface area contributed by atoms with E-state index >= 15 is 0 Å². The minimum Gasteiger partial charge on any atom is -0.465 e. The number of carbonyl (C=O) groups is 1. The van der Waals surface area contributed by atoms with E-state index in [1.165, 1.54) is 57.1 Å². The minimum atomic E-state index is -0.0210. The molecule has 0 aromatic heterocycles. The Morgan fingerprint density at radius 2 is 1.57 bits per heavy atom. The lowest BCUT2D eigenvalue weighted by molar-refractivity contribution is -0.147. The molecule has 4 heteroatoms. The summed E-state index contributed by atoms with van der Waals surface area (Å²) in [6.07, 6.45) is 14.2. The number of hydrogen-bond acceptors (Lipinski definition) is 3. The third-order valence-electron chi connectivity index (χ3n) is 3.93. The van der Waals surface area contributed by atoms with Crippen molar-refractivity contribution in [3.8, 4) is 0 Å². The largest absolute Gasteiger partial charge is 0.465 e.